The Morgan fingerprint density at radius 3 is 2.69 bits per heavy atom. The molecule has 0 bridgehead atoms. The summed E-state index contributed by atoms with van der Waals surface area (Å²) in [4.78, 5) is 36.6. The number of carboxylic acid groups (broad SMARTS) is 1. The van der Waals surface area contributed by atoms with Gasteiger partial charge in [0, 0.05) is 18.2 Å². The number of hydrogen-bond donors (Lipinski definition) is 3. The molecule has 1 unspecified atom stereocenters. The molecular weight excluding hydrogens is 375 g/mol. The van der Waals surface area contributed by atoms with Gasteiger partial charge in [-0.25, -0.2) is 19.2 Å². The summed E-state index contributed by atoms with van der Waals surface area (Å²) in [6.07, 6.45) is 3.39. The molecule has 1 aromatic carbocycles. The van der Waals surface area contributed by atoms with Crippen LogP contribution in [0.4, 0.5) is 4.39 Å². The van der Waals surface area contributed by atoms with Crippen LogP contribution in [-0.4, -0.2) is 37.5 Å². The number of aromatic nitrogens is 3. The normalized spacial score (nSPS) is 19.3. The standard InChI is InChI=1S/C21H19FN4O3/c1-12-3-2-9-21(11-12,20(28)29)26-19(27)15-8-10-23-18-16(15)24-17(25-18)13-4-6-14(22)7-5-13/h4-8,10H,1-3,9,11H2,(H,26,27)(H,28,29)(H,23,24,25). The molecule has 0 aliphatic heterocycles. The number of benzene rings is 1. The van der Waals surface area contributed by atoms with Crippen molar-refractivity contribution in [3.63, 3.8) is 0 Å². The van der Waals surface area contributed by atoms with E-state index in [0.717, 1.165) is 12.0 Å². The van der Waals surface area contributed by atoms with Crippen LogP contribution in [0, 0.1) is 5.82 Å². The summed E-state index contributed by atoms with van der Waals surface area (Å²) in [6.45, 7) is 3.90. The van der Waals surface area contributed by atoms with Gasteiger partial charge in [0.1, 0.15) is 22.7 Å². The zero-order chi connectivity index (χ0) is 20.6. The predicted octanol–water partition coefficient (Wildman–Crippen LogP) is 3.45. The topological polar surface area (TPSA) is 108 Å². The van der Waals surface area contributed by atoms with Gasteiger partial charge in [0.05, 0.1) is 5.56 Å². The van der Waals surface area contributed by atoms with E-state index >= 15 is 0 Å². The van der Waals surface area contributed by atoms with Crippen molar-refractivity contribution in [2.75, 3.05) is 0 Å². The van der Waals surface area contributed by atoms with Crippen molar-refractivity contribution in [1.82, 2.24) is 20.3 Å². The zero-order valence-corrected chi connectivity index (χ0v) is 15.5. The summed E-state index contributed by atoms with van der Waals surface area (Å²) >= 11 is 0. The fourth-order valence-corrected chi connectivity index (χ4v) is 3.71. The van der Waals surface area contributed by atoms with E-state index in [9.17, 15) is 19.1 Å². The Hall–Kier alpha value is -3.55. The number of carboxylic acids is 1. The minimum atomic E-state index is -1.38. The molecule has 1 atom stereocenters. The average Bonchev–Trinajstić information content (AvgIpc) is 3.12. The van der Waals surface area contributed by atoms with Crippen LogP contribution in [0.1, 0.15) is 36.0 Å². The average molecular weight is 394 g/mol. The molecular formula is C21H19FN4O3. The first-order valence-electron chi connectivity index (χ1n) is 9.21. The first-order chi connectivity index (χ1) is 13.9. The molecule has 7 nitrogen and oxygen atoms in total. The minimum Gasteiger partial charge on any atom is -0.479 e. The lowest BCUT2D eigenvalue weighted by molar-refractivity contribution is -0.145. The third-order valence-electron chi connectivity index (χ3n) is 5.19. The highest BCUT2D eigenvalue weighted by molar-refractivity contribution is 6.06. The number of imidazole rings is 1. The van der Waals surface area contributed by atoms with Crippen LogP contribution >= 0.6 is 0 Å². The first kappa shape index (κ1) is 18.8. The molecule has 2 aromatic heterocycles. The van der Waals surface area contributed by atoms with Gasteiger partial charge >= 0.3 is 5.97 Å². The quantitative estimate of drug-likeness (QED) is 0.588. The number of nitrogens with zero attached hydrogens (tertiary/aromatic N) is 2. The van der Waals surface area contributed by atoms with Crippen LogP contribution in [0.3, 0.4) is 0 Å². The fourth-order valence-electron chi connectivity index (χ4n) is 3.71. The van der Waals surface area contributed by atoms with Gasteiger partial charge in [-0.05, 0) is 49.6 Å². The van der Waals surface area contributed by atoms with E-state index in [4.69, 9.17) is 0 Å². The van der Waals surface area contributed by atoms with E-state index in [2.05, 4.69) is 26.8 Å². The maximum absolute atomic E-state index is 13.2. The van der Waals surface area contributed by atoms with E-state index in [-0.39, 0.29) is 17.8 Å². The molecule has 2 heterocycles. The second-order valence-electron chi connectivity index (χ2n) is 7.27. The molecule has 1 aliphatic rings. The van der Waals surface area contributed by atoms with Crippen molar-refractivity contribution in [2.24, 2.45) is 0 Å². The molecule has 0 saturated heterocycles. The largest absolute Gasteiger partial charge is 0.479 e. The van der Waals surface area contributed by atoms with Gasteiger partial charge in [-0.15, -0.1) is 0 Å². The number of aliphatic carboxylic acids is 1. The molecule has 29 heavy (non-hydrogen) atoms. The van der Waals surface area contributed by atoms with E-state index in [1.165, 1.54) is 24.4 Å². The Balaban J connectivity index is 1.69. The van der Waals surface area contributed by atoms with Crippen LogP contribution < -0.4 is 5.32 Å². The number of halogens is 1. The number of carbonyl (C=O) groups excluding carboxylic acids is 1. The maximum Gasteiger partial charge on any atom is 0.329 e. The molecule has 0 spiro atoms. The molecule has 1 fully saturated rings. The van der Waals surface area contributed by atoms with Gasteiger partial charge in [-0.3, -0.25) is 4.79 Å². The second kappa shape index (κ2) is 7.12. The third kappa shape index (κ3) is 3.49. The van der Waals surface area contributed by atoms with E-state index in [0.29, 0.717) is 35.4 Å². The number of pyridine rings is 1. The monoisotopic (exact) mass is 394 g/mol. The molecule has 1 amide bonds. The Morgan fingerprint density at radius 2 is 2.00 bits per heavy atom. The first-order valence-corrected chi connectivity index (χ1v) is 9.21. The number of fused-ring (bicyclic) bond motifs is 1. The van der Waals surface area contributed by atoms with Crippen molar-refractivity contribution in [3.05, 3.63) is 60.1 Å². The lowest BCUT2D eigenvalue weighted by Gasteiger charge is -2.35. The summed E-state index contributed by atoms with van der Waals surface area (Å²) in [5.74, 6) is -1.54. The highest BCUT2D eigenvalue weighted by Crippen LogP contribution is 2.32. The van der Waals surface area contributed by atoms with Gasteiger partial charge in [0.15, 0.2) is 5.65 Å². The van der Waals surface area contributed by atoms with Crippen molar-refractivity contribution >= 4 is 23.0 Å². The van der Waals surface area contributed by atoms with Gasteiger partial charge in [-0.2, -0.15) is 0 Å². The summed E-state index contributed by atoms with van der Waals surface area (Å²) in [5, 5.41) is 12.5. The second-order valence-corrected chi connectivity index (χ2v) is 7.27. The lowest BCUT2D eigenvalue weighted by Crippen LogP contribution is -2.56. The lowest BCUT2D eigenvalue weighted by atomic mass is 9.79. The predicted molar refractivity (Wildman–Crippen MR) is 105 cm³/mol. The Kier molecular flexibility index (Phi) is 4.62. The van der Waals surface area contributed by atoms with Crippen LogP contribution in [0.2, 0.25) is 0 Å². The van der Waals surface area contributed by atoms with E-state index in [1.54, 1.807) is 12.1 Å². The number of rotatable bonds is 4. The summed E-state index contributed by atoms with van der Waals surface area (Å²) in [6, 6.07) is 7.27. The molecule has 148 valence electrons. The van der Waals surface area contributed by atoms with Crippen LogP contribution in [0.5, 0.6) is 0 Å². The van der Waals surface area contributed by atoms with Crippen molar-refractivity contribution < 1.29 is 19.1 Å². The van der Waals surface area contributed by atoms with Crippen LogP contribution in [0.25, 0.3) is 22.6 Å². The minimum absolute atomic E-state index is 0.198. The highest BCUT2D eigenvalue weighted by Gasteiger charge is 2.42. The van der Waals surface area contributed by atoms with Crippen LogP contribution in [0.15, 0.2) is 48.7 Å². The molecule has 8 heteroatoms. The zero-order valence-electron chi connectivity index (χ0n) is 15.5. The SMILES string of the molecule is C=C1CCCC(NC(=O)c2ccnc3[nH]c(-c4ccc(F)cc4)nc23)(C(=O)O)C1. The number of aromatic amines is 1. The van der Waals surface area contributed by atoms with E-state index < -0.39 is 17.4 Å². The fraction of sp³-hybridized carbons (Fsp3) is 0.238. The van der Waals surface area contributed by atoms with Crippen molar-refractivity contribution in [3.8, 4) is 11.4 Å². The summed E-state index contributed by atoms with van der Waals surface area (Å²) in [5.41, 5.74) is 0.988. The molecule has 3 aromatic rings. The molecule has 3 N–H and O–H groups in total. The van der Waals surface area contributed by atoms with Crippen LogP contribution in [-0.2, 0) is 4.79 Å². The van der Waals surface area contributed by atoms with Crippen molar-refractivity contribution in [2.45, 2.75) is 31.2 Å². The molecule has 1 saturated carbocycles. The molecule has 4 rings (SSSR count). The third-order valence-corrected chi connectivity index (χ3v) is 5.19. The maximum atomic E-state index is 13.2. The molecule has 0 radical (unpaired) electrons. The number of carbonyl (C=O) groups is 2. The van der Waals surface area contributed by atoms with Gasteiger partial charge in [-0.1, -0.05) is 12.2 Å². The van der Waals surface area contributed by atoms with E-state index in [1.807, 2.05) is 0 Å². The summed E-state index contributed by atoms with van der Waals surface area (Å²) < 4.78 is 13.2. The number of amides is 1. The van der Waals surface area contributed by atoms with Crippen molar-refractivity contribution in [1.29, 1.82) is 0 Å². The smallest absolute Gasteiger partial charge is 0.329 e. The number of nitrogens with one attached hydrogen (secondary N) is 2. The van der Waals surface area contributed by atoms with Gasteiger partial charge < -0.3 is 15.4 Å². The Morgan fingerprint density at radius 1 is 1.24 bits per heavy atom. The van der Waals surface area contributed by atoms with Gasteiger partial charge in [0.2, 0.25) is 0 Å². The number of hydrogen-bond acceptors (Lipinski definition) is 4. The highest BCUT2D eigenvalue weighted by atomic mass is 19.1. The molecule has 1 aliphatic carbocycles. The number of H-pyrrole nitrogens is 1. The summed E-state index contributed by atoms with van der Waals surface area (Å²) in [7, 11) is 0. The van der Waals surface area contributed by atoms with Gasteiger partial charge in [0.25, 0.3) is 5.91 Å². The Bertz CT molecular complexity index is 1120. The Labute approximate surface area is 165 Å².